The van der Waals surface area contributed by atoms with Gasteiger partial charge in [-0.3, -0.25) is 4.79 Å². The zero-order valence-electron chi connectivity index (χ0n) is 13.0. The number of nitrogens with one attached hydrogen (secondary N) is 1. The molecule has 0 bridgehead atoms. The highest BCUT2D eigenvalue weighted by atomic mass is 35.5. The van der Waals surface area contributed by atoms with Crippen LogP contribution in [0.3, 0.4) is 0 Å². The fraction of sp³-hybridized carbons (Fsp3) is 0.714. The molecule has 0 fully saturated rings. The van der Waals surface area contributed by atoms with Crippen LogP contribution in [0.5, 0.6) is 0 Å². The Morgan fingerprint density at radius 3 is 2.65 bits per heavy atom. The number of halogens is 1. The van der Waals surface area contributed by atoms with Crippen LogP contribution in [0.25, 0.3) is 0 Å². The molecule has 1 heterocycles. The summed E-state index contributed by atoms with van der Waals surface area (Å²) in [5.74, 6) is 0. The van der Waals surface area contributed by atoms with E-state index < -0.39 is 0 Å². The predicted octanol–water partition coefficient (Wildman–Crippen LogP) is 2.45. The number of hydrogen-bond donors (Lipinski definition) is 1. The van der Waals surface area contributed by atoms with Gasteiger partial charge in [-0.05, 0) is 34.4 Å². The van der Waals surface area contributed by atoms with Crippen LogP contribution in [0.2, 0.25) is 5.02 Å². The monoisotopic (exact) mass is 300 g/mol. The average Bonchev–Trinajstić information content (AvgIpc) is 2.33. The Bertz CT molecular complexity index is 496. The van der Waals surface area contributed by atoms with Crippen molar-refractivity contribution in [1.29, 1.82) is 0 Å². The molecular formula is C14H25ClN4O. The summed E-state index contributed by atoms with van der Waals surface area (Å²) in [5.41, 5.74) is 0.254. The van der Waals surface area contributed by atoms with Crippen LogP contribution in [0, 0.1) is 0 Å². The second kappa shape index (κ2) is 7.09. The Morgan fingerprint density at radius 1 is 1.45 bits per heavy atom. The summed E-state index contributed by atoms with van der Waals surface area (Å²) in [4.78, 5) is 14.2. The molecule has 1 aromatic heterocycles. The zero-order chi connectivity index (χ0) is 15.3. The molecule has 1 aromatic rings. The van der Waals surface area contributed by atoms with E-state index in [0.29, 0.717) is 12.2 Å². The molecule has 0 spiro atoms. The van der Waals surface area contributed by atoms with Crippen molar-refractivity contribution >= 4 is 17.3 Å². The number of aromatic nitrogens is 2. The second-order valence-corrected chi connectivity index (χ2v) is 6.34. The van der Waals surface area contributed by atoms with E-state index in [1.54, 1.807) is 6.20 Å². The van der Waals surface area contributed by atoms with Crippen LogP contribution < -0.4 is 10.9 Å². The van der Waals surface area contributed by atoms with E-state index in [0.717, 1.165) is 19.4 Å². The van der Waals surface area contributed by atoms with Crippen molar-refractivity contribution in [3.8, 4) is 0 Å². The van der Waals surface area contributed by atoms with Crippen molar-refractivity contribution in [3.05, 3.63) is 21.6 Å². The predicted molar refractivity (Wildman–Crippen MR) is 84.7 cm³/mol. The minimum absolute atomic E-state index is 0.109. The molecule has 0 unspecified atom stereocenters. The molecule has 0 saturated heterocycles. The van der Waals surface area contributed by atoms with Crippen molar-refractivity contribution in [2.24, 2.45) is 0 Å². The molecule has 0 aliphatic carbocycles. The first kappa shape index (κ1) is 17.0. The second-order valence-electron chi connectivity index (χ2n) is 5.96. The van der Waals surface area contributed by atoms with E-state index >= 15 is 0 Å². The molecule has 0 aromatic carbocycles. The Kier molecular flexibility index (Phi) is 6.02. The van der Waals surface area contributed by atoms with Gasteiger partial charge in [0.1, 0.15) is 5.02 Å². The van der Waals surface area contributed by atoms with Crippen LogP contribution in [0.15, 0.2) is 11.0 Å². The Morgan fingerprint density at radius 2 is 2.10 bits per heavy atom. The van der Waals surface area contributed by atoms with Gasteiger partial charge in [-0.2, -0.15) is 5.10 Å². The highest BCUT2D eigenvalue weighted by Crippen LogP contribution is 2.23. The summed E-state index contributed by atoms with van der Waals surface area (Å²) in [6.45, 7) is 7.58. The lowest BCUT2D eigenvalue weighted by molar-refractivity contribution is 0.367. The van der Waals surface area contributed by atoms with Gasteiger partial charge in [0.2, 0.25) is 0 Å². The van der Waals surface area contributed by atoms with Crippen molar-refractivity contribution in [2.45, 2.75) is 45.7 Å². The van der Waals surface area contributed by atoms with Gasteiger partial charge in [-0.15, -0.1) is 0 Å². The molecule has 0 aliphatic rings. The maximum absolute atomic E-state index is 12.2. The molecule has 0 radical (unpaired) electrons. The van der Waals surface area contributed by atoms with Gasteiger partial charge in [-0.25, -0.2) is 4.68 Å². The van der Waals surface area contributed by atoms with Crippen LogP contribution in [-0.4, -0.2) is 40.9 Å². The topological polar surface area (TPSA) is 50.2 Å². The quantitative estimate of drug-likeness (QED) is 0.840. The van der Waals surface area contributed by atoms with E-state index in [4.69, 9.17) is 11.6 Å². The Hall–Kier alpha value is -1.07. The maximum Gasteiger partial charge on any atom is 0.287 e. The standard InChI is InChI=1S/C14H25ClN4O/c1-6-7-14(2,3)17-11-10-16-19(9-8-18(4)5)13(20)12(11)15/h10,17H,6-9H2,1-5H3. The minimum Gasteiger partial charge on any atom is -0.377 e. The Labute approximate surface area is 125 Å². The summed E-state index contributed by atoms with van der Waals surface area (Å²) < 4.78 is 1.40. The first-order chi connectivity index (χ1) is 9.26. The fourth-order valence-corrected chi connectivity index (χ4v) is 2.25. The highest BCUT2D eigenvalue weighted by molar-refractivity contribution is 6.32. The minimum atomic E-state index is -0.245. The Balaban J connectivity index is 2.92. The molecule has 0 aliphatic heterocycles. The van der Waals surface area contributed by atoms with Crippen LogP contribution in [-0.2, 0) is 6.54 Å². The third-order valence-corrected chi connectivity index (χ3v) is 3.46. The van der Waals surface area contributed by atoms with Gasteiger partial charge < -0.3 is 10.2 Å². The summed E-state index contributed by atoms with van der Waals surface area (Å²) in [5, 5.41) is 7.70. The van der Waals surface area contributed by atoms with E-state index in [9.17, 15) is 4.79 Å². The van der Waals surface area contributed by atoms with Gasteiger partial charge in [0, 0.05) is 12.1 Å². The van der Waals surface area contributed by atoms with Gasteiger partial charge in [0.25, 0.3) is 5.56 Å². The van der Waals surface area contributed by atoms with Crippen molar-refractivity contribution < 1.29 is 0 Å². The summed E-state index contributed by atoms with van der Waals surface area (Å²) in [7, 11) is 3.91. The molecule has 0 saturated carbocycles. The van der Waals surface area contributed by atoms with E-state index in [2.05, 4.69) is 31.2 Å². The lowest BCUT2D eigenvalue weighted by atomic mass is 9.99. The largest absolute Gasteiger partial charge is 0.377 e. The van der Waals surface area contributed by atoms with Crippen LogP contribution in [0.4, 0.5) is 5.69 Å². The van der Waals surface area contributed by atoms with E-state index in [1.165, 1.54) is 4.68 Å². The summed E-state index contributed by atoms with van der Waals surface area (Å²) in [6.07, 6.45) is 3.69. The molecular weight excluding hydrogens is 276 g/mol. The van der Waals surface area contributed by atoms with Gasteiger partial charge in [0.15, 0.2) is 0 Å². The zero-order valence-corrected chi connectivity index (χ0v) is 13.8. The molecule has 20 heavy (non-hydrogen) atoms. The third-order valence-electron chi connectivity index (χ3n) is 3.09. The maximum atomic E-state index is 12.2. The fourth-order valence-electron chi connectivity index (χ4n) is 2.06. The number of likely N-dealkylation sites (N-methyl/N-ethyl adjacent to an activating group) is 1. The van der Waals surface area contributed by atoms with Crippen molar-refractivity contribution in [3.63, 3.8) is 0 Å². The van der Waals surface area contributed by atoms with Crippen LogP contribution in [0.1, 0.15) is 33.6 Å². The van der Waals surface area contributed by atoms with E-state index in [1.807, 2.05) is 19.0 Å². The van der Waals surface area contributed by atoms with Gasteiger partial charge in [0.05, 0.1) is 18.4 Å². The molecule has 0 atom stereocenters. The molecule has 5 nitrogen and oxygen atoms in total. The average molecular weight is 301 g/mol. The summed E-state index contributed by atoms with van der Waals surface area (Å²) in [6, 6.07) is 0. The van der Waals surface area contributed by atoms with Crippen molar-refractivity contribution in [2.75, 3.05) is 26.0 Å². The molecule has 1 rings (SSSR count). The van der Waals surface area contributed by atoms with Gasteiger partial charge >= 0.3 is 0 Å². The number of hydrogen-bond acceptors (Lipinski definition) is 4. The first-order valence-electron chi connectivity index (χ1n) is 6.95. The number of anilines is 1. The lowest BCUT2D eigenvalue weighted by Crippen LogP contribution is -2.33. The highest BCUT2D eigenvalue weighted by Gasteiger charge is 2.19. The lowest BCUT2D eigenvalue weighted by Gasteiger charge is -2.27. The molecule has 1 N–H and O–H groups in total. The van der Waals surface area contributed by atoms with Crippen LogP contribution >= 0.6 is 11.6 Å². The van der Waals surface area contributed by atoms with Gasteiger partial charge in [-0.1, -0.05) is 24.9 Å². The van der Waals surface area contributed by atoms with Crippen molar-refractivity contribution in [1.82, 2.24) is 14.7 Å². The molecule has 0 amide bonds. The normalized spacial score (nSPS) is 11.9. The first-order valence-corrected chi connectivity index (χ1v) is 7.33. The molecule has 114 valence electrons. The smallest absolute Gasteiger partial charge is 0.287 e. The SMILES string of the molecule is CCCC(C)(C)Nc1cnn(CCN(C)C)c(=O)c1Cl. The summed E-state index contributed by atoms with van der Waals surface area (Å²) >= 11 is 6.17. The number of rotatable bonds is 7. The molecule has 6 heteroatoms. The third kappa shape index (κ3) is 4.80. The van der Waals surface area contributed by atoms with E-state index in [-0.39, 0.29) is 16.1 Å². The number of nitrogens with zero attached hydrogens (tertiary/aromatic N) is 3.